The number of amides is 1. The van der Waals surface area contributed by atoms with Gasteiger partial charge in [0.2, 0.25) is 5.91 Å². The summed E-state index contributed by atoms with van der Waals surface area (Å²) in [6.45, 7) is 0. The molecule has 0 aromatic heterocycles. The second-order valence-corrected chi connectivity index (χ2v) is 6.40. The average molecular weight is 243 g/mol. The number of nitrogens with one attached hydrogen (secondary N) is 1. The molecule has 2 fully saturated rings. The van der Waals surface area contributed by atoms with Crippen LogP contribution < -0.4 is 5.32 Å². The lowest BCUT2D eigenvalue weighted by Gasteiger charge is -2.46. The summed E-state index contributed by atoms with van der Waals surface area (Å²) in [6.07, 6.45) is 13.2. The maximum Gasteiger partial charge on any atom is 0.220 e. The van der Waals surface area contributed by atoms with Gasteiger partial charge in [0.05, 0.1) is 0 Å². The quantitative estimate of drug-likeness (QED) is 0.696. The van der Waals surface area contributed by atoms with E-state index < -0.39 is 0 Å². The molecule has 0 bridgehead atoms. The standard InChI is InChI=1S/C16H21NO/c18-16-9-7-14-13-5-4-10-2-1-3-11(10)12(13)6-8-15(14)17-16/h4-5,12-15H,1-3,6-9H2,(H,17,18). The van der Waals surface area contributed by atoms with Crippen LogP contribution in [0.4, 0.5) is 0 Å². The van der Waals surface area contributed by atoms with Gasteiger partial charge in [0, 0.05) is 12.5 Å². The molecule has 1 saturated carbocycles. The molecule has 1 N–H and O–H groups in total. The Morgan fingerprint density at radius 3 is 3.00 bits per heavy atom. The van der Waals surface area contributed by atoms with Crippen LogP contribution in [0.5, 0.6) is 0 Å². The summed E-state index contributed by atoms with van der Waals surface area (Å²) in [4.78, 5) is 11.5. The van der Waals surface area contributed by atoms with Crippen molar-refractivity contribution >= 4 is 5.91 Å². The van der Waals surface area contributed by atoms with E-state index in [0.717, 1.165) is 18.8 Å². The molecule has 0 aromatic rings. The highest BCUT2D eigenvalue weighted by Crippen LogP contribution is 2.49. The predicted octanol–water partition coefficient (Wildman–Crippen LogP) is 2.96. The summed E-state index contributed by atoms with van der Waals surface area (Å²) < 4.78 is 0. The van der Waals surface area contributed by atoms with Crippen LogP contribution in [0.3, 0.4) is 0 Å². The van der Waals surface area contributed by atoms with Gasteiger partial charge < -0.3 is 5.32 Å². The molecule has 0 spiro atoms. The fraction of sp³-hybridized carbons (Fsp3) is 0.688. The van der Waals surface area contributed by atoms with Gasteiger partial charge in [-0.3, -0.25) is 4.79 Å². The third kappa shape index (κ3) is 1.51. The summed E-state index contributed by atoms with van der Waals surface area (Å²) in [7, 11) is 0. The van der Waals surface area contributed by atoms with Crippen molar-refractivity contribution in [3.8, 4) is 0 Å². The predicted molar refractivity (Wildman–Crippen MR) is 70.9 cm³/mol. The van der Waals surface area contributed by atoms with E-state index in [1.54, 1.807) is 11.1 Å². The normalized spacial score (nSPS) is 42.1. The fourth-order valence-corrected chi connectivity index (χ4v) is 4.80. The van der Waals surface area contributed by atoms with Crippen molar-refractivity contribution in [2.24, 2.45) is 17.8 Å². The first-order valence-electron chi connectivity index (χ1n) is 7.52. The second kappa shape index (κ2) is 3.97. The lowest BCUT2D eigenvalue weighted by atomic mass is 9.62. The van der Waals surface area contributed by atoms with Crippen molar-refractivity contribution in [2.45, 2.75) is 51.0 Å². The smallest absolute Gasteiger partial charge is 0.220 e. The molecule has 0 radical (unpaired) electrons. The molecule has 96 valence electrons. The topological polar surface area (TPSA) is 29.1 Å². The molecule has 1 amide bonds. The number of hydrogen-bond donors (Lipinski definition) is 1. The third-order valence-corrected chi connectivity index (χ3v) is 5.59. The molecule has 1 aliphatic heterocycles. The Morgan fingerprint density at radius 2 is 2.06 bits per heavy atom. The Labute approximate surface area is 109 Å². The number of piperidine rings is 1. The van der Waals surface area contributed by atoms with Gasteiger partial charge in [0.25, 0.3) is 0 Å². The molecule has 4 atom stereocenters. The maximum atomic E-state index is 11.5. The monoisotopic (exact) mass is 243 g/mol. The largest absolute Gasteiger partial charge is 0.353 e. The van der Waals surface area contributed by atoms with Gasteiger partial charge in [0.1, 0.15) is 0 Å². The third-order valence-electron chi connectivity index (χ3n) is 5.59. The van der Waals surface area contributed by atoms with Gasteiger partial charge in [-0.05, 0) is 61.9 Å². The number of fused-ring (bicyclic) bond motifs is 4. The molecular formula is C16H21NO. The molecule has 2 nitrogen and oxygen atoms in total. The Morgan fingerprint density at radius 1 is 1.11 bits per heavy atom. The van der Waals surface area contributed by atoms with Gasteiger partial charge in [-0.15, -0.1) is 0 Å². The number of carbonyl (C=O) groups is 1. The van der Waals surface area contributed by atoms with Crippen LogP contribution in [-0.2, 0) is 4.79 Å². The Kier molecular flexibility index (Phi) is 2.39. The highest BCUT2D eigenvalue weighted by Gasteiger charge is 2.43. The van der Waals surface area contributed by atoms with E-state index in [0.29, 0.717) is 17.9 Å². The van der Waals surface area contributed by atoms with Gasteiger partial charge >= 0.3 is 0 Å². The van der Waals surface area contributed by atoms with Crippen molar-refractivity contribution in [3.05, 3.63) is 23.3 Å². The van der Waals surface area contributed by atoms with Crippen LogP contribution in [0.25, 0.3) is 0 Å². The van der Waals surface area contributed by atoms with Crippen LogP contribution in [0.2, 0.25) is 0 Å². The SMILES string of the molecule is O=C1CCC2C(CCC3C4=C(C=CC32)CCC4)N1. The number of rotatable bonds is 0. The van der Waals surface area contributed by atoms with E-state index in [4.69, 9.17) is 0 Å². The first-order valence-corrected chi connectivity index (χ1v) is 7.52. The second-order valence-electron chi connectivity index (χ2n) is 6.40. The molecule has 4 aliphatic rings. The van der Waals surface area contributed by atoms with Crippen LogP contribution in [0.15, 0.2) is 23.3 Å². The van der Waals surface area contributed by atoms with Gasteiger partial charge in [-0.2, -0.15) is 0 Å². The summed E-state index contributed by atoms with van der Waals surface area (Å²) >= 11 is 0. The van der Waals surface area contributed by atoms with Crippen molar-refractivity contribution in [2.75, 3.05) is 0 Å². The zero-order valence-electron chi connectivity index (χ0n) is 10.8. The fourth-order valence-electron chi connectivity index (χ4n) is 4.80. The minimum Gasteiger partial charge on any atom is -0.353 e. The summed E-state index contributed by atoms with van der Waals surface area (Å²) in [5, 5.41) is 3.22. The van der Waals surface area contributed by atoms with E-state index in [9.17, 15) is 4.79 Å². The van der Waals surface area contributed by atoms with E-state index in [2.05, 4.69) is 17.5 Å². The molecule has 2 heteroatoms. The Balaban J connectivity index is 1.62. The molecule has 4 rings (SSSR count). The molecule has 18 heavy (non-hydrogen) atoms. The van der Waals surface area contributed by atoms with E-state index in [1.165, 1.54) is 32.1 Å². The molecule has 3 aliphatic carbocycles. The van der Waals surface area contributed by atoms with Crippen molar-refractivity contribution in [1.82, 2.24) is 5.32 Å². The van der Waals surface area contributed by atoms with Crippen molar-refractivity contribution in [1.29, 1.82) is 0 Å². The Bertz CT molecular complexity index is 448. The highest BCUT2D eigenvalue weighted by atomic mass is 16.1. The first kappa shape index (κ1) is 10.8. The lowest BCUT2D eigenvalue weighted by Crippen LogP contribution is -2.51. The molecular weight excluding hydrogens is 222 g/mol. The molecule has 0 aromatic carbocycles. The summed E-state index contributed by atoms with van der Waals surface area (Å²) in [5.74, 6) is 2.49. The van der Waals surface area contributed by atoms with Crippen LogP contribution in [-0.4, -0.2) is 11.9 Å². The number of hydrogen-bond acceptors (Lipinski definition) is 1. The molecule has 1 heterocycles. The Hall–Kier alpha value is -1.05. The zero-order chi connectivity index (χ0) is 12.1. The van der Waals surface area contributed by atoms with E-state index in [1.807, 2.05) is 0 Å². The molecule has 4 unspecified atom stereocenters. The van der Waals surface area contributed by atoms with Crippen LogP contribution in [0, 0.1) is 17.8 Å². The van der Waals surface area contributed by atoms with Crippen molar-refractivity contribution in [3.63, 3.8) is 0 Å². The molecule has 1 saturated heterocycles. The van der Waals surface area contributed by atoms with E-state index >= 15 is 0 Å². The lowest BCUT2D eigenvalue weighted by molar-refractivity contribution is -0.125. The minimum atomic E-state index is 0.273. The van der Waals surface area contributed by atoms with Crippen LogP contribution in [0.1, 0.15) is 44.9 Å². The van der Waals surface area contributed by atoms with Crippen molar-refractivity contribution < 1.29 is 4.79 Å². The summed E-state index contributed by atoms with van der Waals surface area (Å²) in [6, 6.07) is 0.459. The zero-order valence-corrected chi connectivity index (χ0v) is 10.8. The van der Waals surface area contributed by atoms with Gasteiger partial charge in [-0.25, -0.2) is 0 Å². The van der Waals surface area contributed by atoms with Crippen LogP contribution >= 0.6 is 0 Å². The summed E-state index contributed by atoms with van der Waals surface area (Å²) in [5.41, 5.74) is 3.42. The first-order chi connectivity index (χ1) is 8.83. The number of allylic oxidation sites excluding steroid dienone is 4. The van der Waals surface area contributed by atoms with Gasteiger partial charge in [0.15, 0.2) is 0 Å². The maximum absolute atomic E-state index is 11.5. The number of carbonyl (C=O) groups excluding carboxylic acids is 1. The average Bonchev–Trinajstić information content (AvgIpc) is 2.86. The van der Waals surface area contributed by atoms with Gasteiger partial charge in [-0.1, -0.05) is 17.7 Å². The highest BCUT2D eigenvalue weighted by molar-refractivity contribution is 5.77. The minimum absolute atomic E-state index is 0.273. The van der Waals surface area contributed by atoms with E-state index in [-0.39, 0.29) is 5.91 Å².